The molecule has 0 spiro atoms. The van der Waals surface area contributed by atoms with Crippen LogP contribution in [0.4, 0.5) is 0 Å². The lowest BCUT2D eigenvalue weighted by molar-refractivity contribution is 0.104. The van der Waals surface area contributed by atoms with Crippen molar-refractivity contribution in [3.8, 4) is 0 Å². The molecule has 0 amide bonds. The van der Waals surface area contributed by atoms with E-state index < -0.39 is 0 Å². The van der Waals surface area contributed by atoms with E-state index in [-0.39, 0.29) is 5.54 Å². The van der Waals surface area contributed by atoms with Crippen LogP contribution in [-0.4, -0.2) is 61.2 Å². The highest BCUT2D eigenvalue weighted by Gasteiger charge is 2.22. The van der Waals surface area contributed by atoms with Crippen molar-refractivity contribution in [1.82, 2.24) is 15.1 Å². The van der Waals surface area contributed by atoms with Gasteiger partial charge in [0.1, 0.15) is 0 Å². The van der Waals surface area contributed by atoms with Crippen LogP contribution in [0.15, 0.2) is 0 Å². The second kappa shape index (κ2) is 5.99. The zero-order valence-electron chi connectivity index (χ0n) is 11.7. The molecular weight excluding hydrogens is 198 g/mol. The SMILES string of the molecule is CCC(CNC(C)(C)C)N1CCN(C)CC1. The van der Waals surface area contributed by atoms with Crippen LogP contribution in [0, 0.1) is 0 Å². The lowest BCUT2D eigenvalue weighted by atomic mass is 10.1. The summed E-state index contributed by atoms with van der Waals surface area (Å²) in [5, 5.41) is 3.63. The van der Waals surface area contributed by atoms with Crippen LogP contribution in [0.25, 0.3) is 0 Å². The van der Waals surface area contributed by atoms with Crippen molar-refractivity contribution in [2.24, 2.45) is 0 Å². The summed E-state index contributed by atoms with van der Waals surface area (Å²) >= 11 is 0. The summed E-state index contributed by atoms with van der Waals surface area (Å²) in [5.41, 5.74) is 0.236. The highest BCUT2D eigenvalue weighted by molar-refractivity contribution is 4.81. The molecule has 96 valence electrons. The molecule has 1 aliphatic rings. The maximum absolute atomic E-state index is 3.63. The van der Waals surface area contributed by atoms with Crippen LogP contribution in [-0.2, 0) is 0 Å². The summed E-state index contributed by atoms with van der Waals surface area (Å²) in [6.45, 7) is 15.0. The molecule has 1 saturated heterocycles. The molecule has 3 heteroatoms. The van der Waals surface area contributed by atoms with E-state index >= 15 is 0 Å². The summed E-state index contributed by atoms with van der Waals surface area (Å²) < 4.78 is 0. The van der Waals surface area contributed by atoms with E-state index in [1.807, 2.05) is 0 Å². The van der Waals surface area contributed by atoms with Crippen LogP contribution in [0.1, 0.15) is 34.1 Å². The molecule has 0 aliphatic carbocycles. The quantitative estimate of drug-likeness (QED) is 0.783. The van der Waals surface area contributed by atoms with Gasteiger partial charge in [0.05, 0.1) is 0 Å². The van der Waals surface area contributed by atoms with Gasteiger partial charge in [-0.05, 0) is 34.2 Å². The molecule has 1 N–H and O–H groups in total. The van der Waals surface area contributed by atoms with Crippen molar-refractivity contribution in [3.63, 3.8) is 0 Å². The number of hydrogen-bond acceptors (Lipinski definition) is 3. The normalized spacial score (nSPS) is 22.3. The molecule has 0 aromatic carbocycles. The number of piperazine rings is 1. The Morgan fingerprint density at radius 1 is 1.12 bits per heavy atom. The molecule has 0 saturated carbocycles. The third-order valence-corrected chi connectivity index (χ3v) is 3.39. The highest BCUT2D eigenvalue weighted by Crippen LogP contribution is 2.09. The zero-order valence-corrected chi connectivity index (χ0v) is 11.7. The Morgan fingerprint density at radius 2 is 1.69 bits per heavy atom. The average Bonchev–Trinajstić information content (AvgIpc) is 2.20. The van der Waals surface area contributed by atoms with Crippen LogP contribution in [0.5, 0.6) is 0 Å². The van der Waals surface area contributed by atoms with Gasteiger partial charge in [0, 0.05) is 44.3 Å². The molecule has 1 heterocycles. The van der Waals surface area contributed by atoms with Crippen LogP contribution in [0.2, 0.25) is 0 Å². The molecule has 1 fully saturated rings. The Labute approximate surface area is 101 Å². The Morgan fingerprint density at radius 3 is 2.12 bits per heavy atom. The average molecular weight is 227 g/mol. The number of nitrogens with one attached hydrogen (secondary N) is 1. The Hall–Kier alpha value is -0.120. The summed E-state index contributed by atoms with van der Waals surface area (Å²) in [7, 11) is 2.21. The summed E-state index contributed by atoms with van der Waals surface area (Å²) in [5.74, 6) is 0. The molecule has 0 radical (unpaired) electrons. The molecule has 0 aromatic rings. The predicted octanol–water partition coefficient (Wildman–Crippen LogP) is 1.40. The zero-order chi connectivity index (χ0) is 12.2. The van der Waals surface area contributed by atoms with Gasteiger partial charge in [-0.25, -0.2) is 0 Å². The third kappa shape index (κ3) is 4.81. The molecule has 1 unspecified atom stereocenters. The number of nitrogens with zero attached hydrogens (tertiary/aromatic N) is 2. The van der Waals surface area contributed by atoms with Gasteiger partial charge < -0.3 is 10.2 Å². The molecule has 3 nitrogen and oxygen atoms in total. The molecular formula is C13H29N3. The van der Waals surface area contributed by atoms with Gasteiger partial charge in [-0.15, -0.1) is 0 Å². The van der Waals surface area contributed by atoms with Gasteiger partial charge in [-0.3, -0.25) is 4.90 Å². The fourth-order valence-corrected chi connectivity index (χ4v) is 2.14. The summed E-state index contributed by atoms with van der Waals surface area (Å²) in [4.78, 5) is 5.05. The highest BCUT2D eigenvalue weighted by atomic mass is 15.3. The molecule has 1 rings (SSSR count). The summed E-state index contributed by atoms with van der Waals surface area (Å²) in [6.07, 6.45) is 1.24. The minimum Gasteiger partial charge on any atom is -0.311 e. The second-order valence-corrected chi connectivity index (χ2v) is 6.03. The van der Waals surface area contributed by atoms with Gasteiger partial charge in [-0.2, -0.15) is 0 Å². The molecule has 1 atom stereocenters. The summed E-state index contributed by atoms with van der Waals surface area (Å²) in [6, 6.07) is 0.702. The smallest absolute Gasteiger partial charge is 0.0219 e. The van der Waals surface area contributed by atoms with Gasteiger partial charge in [0.25, 0.3) is 0 Å². The van der Waals surface area contributed by atoms with E-state index in [9.17, 15) is 0 Å². The predicted molar refractivity (Wildman–Crippen MR) is 70.9 cm³/mol. The molecule has 0 bridgehead atoms. The molecule has 1 aliphatic heterocycles. The van der Waals surface area contributed by atoms with Crippen molar-refractivity contribution in [3.05, 3.63) is 0 Å². The van der Waals surface area contributed by atoms with E-state index in [1.165, 1.54) is 32.6 Å². The maximum Gasteiger partial charge on any atom is 0.0219 e. The van der Waals surface area contributed by atoms with Crippen molar-refractivity contribution < 1.29 is 0 Å². The minimum absolute atomic E-state index is 0.236. The van der Waals surface area contributed by atoms with Crippen LogP contribution < -0.4 is 5.32 Å². The first-order valence-corrected chi connectivity index (χ1v) is 6.60. The van der Waals surface area contributed by atoms with Gasteiger partial charge in [0.2, 0.25) is 0 Å². The monoisotopic (exact) mass is 227 g/mol. The number of likely N-dealkylation sites (N-methyl/N-ethyl adjacent to an activating group) is 1. The Balaban J connectivity index is 2.36. The lowest BCUT2D eigenvalue weighted by Crippen LogP contribution is -2.53. The number of rotatable bonds is 4. The van der Waals surface area contributed by atoms with Gasteiger partial charge in [0.15, 0.2) is 0 Å². The van der Waals surface area contributed by atoms with E-state index in [2.05, 4.69) is 49.9 Å². The van der Waals surface area contributed by atoms with Crippen molar-refractivity contribution in [1.29, 1.82) is 0 Å². The lowest BCUT2D eigenvalue weighted by Gasteiger charge is -2.38. The van der Waals surface area contributed by atoms with E-state index in [0.717, 1.165) is 6.54 Å². The standard InChI is InChI=1S/C13H29N3/c1-6-12(11-14-13(2,3)4)16-9-7-15(5)8-10-16/h12,14H,6-11H2,1-5H3. The van der Waals surface area contributed by atoms with E-state index in [4.69, 9.17) is 0 Å². The maximum atomic E-state index is 3.63. The van der Waals surface area contributed by atoms with Gasteiger partial charge in [-0.1, -0.05) is 6.92 Å². The van der Waals surface area contributed by atoms with Crippen LogP contribution in [0.3, 0.4) is 0 Å². The Kier molecular flexibility index (Phi) is 5.22. The van der Waals surface area contributed by atoms with Crippen molar-refractivity contribution in [2.75, 3.05) is 39.8 Å². The topological polar surface area (TPSA) is 18.5 Å². The minimum atomic E-state index is 0.236. The van der Waals surface area contributed by atoms with E-state index in [1.54, 1.807) is 0 Å². The first-order chi connectivity index (χ1) is 7.42. The van der Waals surface area contributed by atoms with Crippen molar-refractivity contribution >= 4 is 0 Å². The largest absolute Gasteiger partial charge is 0.311 e. The molecule has 16 heavy (non-hydrogen) atoms. The van der Waals surface area contributed by atoms with E-state index in [0.29, 0.717) is 6.04 Å². The first kappa shape index (κ1) is 13.9. The first-order valence-electron chi connectivity index (χ1n) is 6.60. The fourth-order valence-electron chi connectivity index (χ4n) is 2.14. The second-order valence-electron chi connectivity index (χ2n) is 6.03. The van der Waals surface area contributed by atoms with Crippen LogP contribution >= 0.6 is 0 Å². The number of hydrogen-bond donors (Lipinski definition) is 1. The molecule has 0 aromatic heterocycles. The van der Waals surface area contributed by atoms with Gasteiger partial charge >= 0.3 is 0 Å². The fraction of sp³-hybridized carbons (Fsp3) is 1.00. The third-order valence-electron chi connectivity index (χ3n) is 3.39. The Bertz CT molecular complexity index is 190. The van der Waals surface area contributed by atoms with Crippen molar-refractivity contribution in [2.45, 2.75) is 45.7 Å².